The summed E-state index contributed by atoms with van der Waals surface area (Å²) in [4.78, 5) is 0. The van der Waals surface area contributed by atoms with E-state index in [1.807, 2.05) is 24.3 Å². The zero-order valence-electron chi connectivity index (χ0n) is 13.9. The molecular formula is C23H16FN. The summed E-state index contributed by atoms with van der Waals surface area (Å²) < 4.78 is 15.1. The summed E-state index contributed by atoms with van der Waals surface area (Å²) in [6.45, 7) is 2.13. The fourth-order valence-corrected chi connectivity index (χ4v) is 3.33. The van der Waals surface area contributed by atoms with E-state index in [0.717, 1.165) is 28.1 Å². The average Bonchev–Trinajstić information content (AvgIpc) is 2.67. The summed E-state index contributed by atoms with van der Waals surface area (Å²) in [7, 11) is 0. The van der Waals surface area contributed by atoms with Gasteiger partial charge in [-0.05, 0) is 45.8 Å². The van der Waals surface area contributed by atoms with Crippen molar-refractivity contribution in [2.24, 2.45) is 0 Å². The molecule has 0 unspecified atom stereocenters. The quantitative estimate of drug-likeness (QED) is 0.401. The van der Waals surface area contributed by atoms with Gasteiger partial charge in [-0.1, -0.05) is 61.5 Å². The van der Waals surface area contributed by atoms with Crippen molar-refractivity contribution < 1.29 is 4.39 Å². The summed E-state index contributed by atoms with van der Waals surface area (Å²) in [5, 5.41) is 12.7. The molecule has 0 aliphatic heterocycles. The molecule has 0 radical (unpaired) electrons. The Balaban J connectivity index is 1.93. The molecule has 0 amide bonds. The van der Waals surface area contributed by atoms with Crippen molar-refractivity contribution in [3.8, 4) is 17.2 Å². The van der Waals surface area contributed by atoms with E-state index in [0.29, 0.717) is 16.5 Å². The molecule has 0 aliphatic rings. The Labute approximate surface area is 146 Å². The maximum Gasteiger partial charge on any atom is 0.138 e. The molecule has 0 aromatic heterocycles. The number of nitriles is 1. The van der Waals surface area contributed by atoms with Gasteiger partial charge in [-0.2, -0.15) is 5.26 Å². The first kappa shape index (κ1) is 15.4. The van der Waals surface area contributed by atoms with Gasteiger partial charge in [0.1, 0.15) is 5.82 Å². The molecule has 0 atom stereocenters. The van der Waals surface area contributed by atoms with Gasteiger partial charge in [0.15, 0.2) is 0 Å². The van der Waals surface area contributed by atoms with Gasteiger partial charge in [-0.15, -0.1) is 0 Å². The van der Waals surface area contributed by atoms with E-state index < -0.39 is 0 Å². The molecule has 2 heteroatoms. The molecule has 0 N–H and O–H groups in total. The summed E-state index contributed by atoms with van der Waals surface area (Å²) >= 11 is 0. The maximum absolute atomic E-state index is 15.1. The number of nitrogens with zero attached hydrogens (tertiary/aromatic N) is 1. The van der Waals surface area contributed by atoms with E-state index in [4.69, 9.17) is 5.26 Å². The van der Waals surface area contributed by atoms with Gasteiger partial charge in [-0.25, -0.2) is 4.39 Å². The molecule has 25 heavy (non-hydrogen) atoms. The average molecular weight is 325 g/mol. The Kier molecular flexibility index (Phi) is 3.71. The molecule has 0 spiro atoms. The summed E-state index contributed by atoms with van der Waals surface area (Å²) in [5.41, 5.74) is 3.19. The second-order valence-corrected chi connectivity index (χ2v) is 6.19. The standard InChI is InChI=1S/C23H16FN/c1-2-15-5-9-19-18(13-15)8-10-22-21(19)12-11-20(23(22)24)17-6-3-16(14-25)4-7-17/h3-13H,2H2,1H3. The molecule has 0 heterocycles. The third-order valence-corrected chi connectivity index (χ3v) is 4.75. The molecule has 0 fully saturated rings. The zero-order valence-corrected chi connectivity index (χ0v) is 13.9. The van der Waals surface area contributed by atoms with Crippen molar-refractivity contribution in [1.29, 1.82) is 5.26 Å². The summed E-state index contributed by atoms with van der Waals surface area (Å²) in [5.74, 6) is -0.219. The Morgan fingerprint density at radius 3 is 2.28 bits per heavy atom. The highest BCUT2D eigenvalue weighted by atomic mass is 19.1. The second kappa shape index (κ2) is 6.03. The molecular weight excluding hydrogens is 309 g/mol. The fraction of sp³-hybridized carbons (Fsp3) is 0.0870. The van der Waals surface area contributed by atoms with Gasteiger partial charge in [-0.3, -0.25) is 0 Å². The molecule has 0 saturated carbocycles. The van der Waals surface area contributed by atoms with Crippen molar-refractivity contribution in [3.05, 3.63) is 83.7 Å². The van der Waals surface area contributed by atoms with E-state index in [9.17, 15) is 0 Å². The number of hydrogen-bond acceptors (Lipinski definition) is 1. The number of benzene rings is 4. The first-order valence-electron chi connectivity index (χ1n) is 8.35. The largest absolute Gasteiger partial charge is 0.206 e. The van der Waals surface area contributed by atoms with Crippen molar-refractivity contribution in [2.75, 3.05) is 0 Å². The lowest BCUT2D eigenvalue weighted by atomic mass is 9.95. The van der Waals surface area contributed by atoms with Gasteiger partial charge in [0.2, 0.25) is 0 Å². The molecule has 4 rings (SSSR count). The lowest BCUT2D eigenvalue weighted by Crippen LogP contribution is -1.89. The zero-order chi connectivity index (χ0) is 17.4. The minimum absolute atomic E-state index is 0.219. The first-order chi connectivity index (χ1) is 12.2. The van der Waals surface area contributed by atoms with Gasteiger partial charge in [0.05, 0.1) is 11.6 Å². The lowest BCUT2D eigenvalue weighted by molar-refractivity contribution is 0.643. The van der Waals surface area contributed by atoms with E-state index in [1.165, 1.54) is 5.56 Å². The van der Waals surface area contributed by atoms with Gasteiger partial charge in [0.25, 0.3) is 0 Å². The van der Waals surface area contributed by atoms with Crippen molar-refractivity contribution in [3.63, 3.8) is 0 Å². The fourth-order valence-electron chi connectivity index (χ4n) is 3.33. The van der Waals surface area contributed by atoms with Crippen LogP contribution in [0.5, 0.6) is 0 Å². The van der Waals surface area contributed by atoms with Crippen LogP contribution in [-0.4, -0.2) is 0 Å². The van der Waals surface area contributed by atoms with Crippen LogP contribution in [0.1, 0.15) is 18.1 Å². The molecule has 0 aliphatic carbocycles. The second-order valence-electron chi connectivity index (χ2n) is 6.19. The van der Waals surface area contributed by atoms with Crippen molar-refractivity contribution >= 4 is 21.5 Å². The number of hydrogen-bond donors (Lipinski definition) is 0. The van der Waals surface area contributed by atoms with Crippen LogP contribution in [0.3, 0.4) is 0 Å². The SMILES string of the molecule is CCc1ccc2c(ccc3c(F)c(-c4ccc(C#N)cc4)ccc32)c1. The number of halogens is 1. The van der Waals surface area contributed by atoms with Gasteiger partial charge >= 0.3 is 0 Å². The Hall–Kier alpha value is -3.18. The topological polar surface area (TPSA) is 23.8 Å². The van der Waals surface area contributed by atoms with Crippen molar-refractivity contribution in [1.82, 2.24) is 0 Å². The molecule has 0 bridgehead atoms. The van der Waals surface area contributed by atoms with E-state index in [-0.39, 0.29) is 5.82 Å². The molecule has 4 aromatic rings. The first-order valence-corrected chi connectivity index (χ1v) is 8.35. The maximum atomic E-state index is 15.1. The molecule has 4 aromatic carbocycles. The monoisotopic (exact) mass is 325 g/mol. The van der Waals surface area contributed by atoms with Crippen LogP contribution in [0.25, 0.3) is 32.7 Å². The third-order valence-electron chi connectivity index (χ3n) is 4.75. The van der Waals surface area contributed by atoms with Crippen LogP contribution in [0, 0.1) is 17.1 Å². The number of fused-ring (bicyclic) bond motifs is 3. The summed E-state index contributed by atoms with van der Waals surface area (Å²) in [6.07, 6.45) is 0.986. The minimum Gasteiger partial charge on any atom is -0.206 e. The highest BCUT2D eigenvalue weighted by molar-refractivity contribution is 6.08. The Morgan fingerprint density at radius 2 is 1.56 bits per heavy atom. The van der Waals surface area contributed by atoms with E-state index in [1.54, 1.807) is 24.3 Å². The van der Waals surface area contributed by atoms with Crippen molar-refractivity contribution in [2.45, 2.75) is 13.3 Å². The number of rotatable bonds is 2. The van der Waals surface area contributed by atoms with Gasteiger partial charge < -0.3 is 0 Å². The predicted octanol–water partition coefficient (Wildman–Crippen LogP) is 6.23. The number of aryl methyl sites for hydroxylation is 1. The Morgan fingerprint density at radius 1 is 0.840 bits per heavy atom. The van der Waals surface area contributed by atoms with Gasteiger partial charge in [0, 0.05) is 10.9 Å². The molecule has 1 nitrogen and oxygen atoms in total. The normalized spacial score (nSPS) is 10.9. The van der Waals surface area contributed by atoms with Crippen LogP contribution < -0.4 is 0 Å². The Bertz CT molecular complexity index is 1130. The van der Waals surface area contributed by atoms with Crippen LogP contribution in [0.4, 0.5) is 4.39 Å². The third kappa shape index (κ3) is 2.55. The highest BCUT2D eigenvalue weighted by Gasteiger charge is 2.11. The smallest absolute Gasteiger partial charge is 0.138 e. The molecule has 0 saturated heterocycles. The van der Waals surface area contributed by atoms with Crippen LogP contribution in [-0.2, 0) is 6.42 Å². The predicted molar refractivity (Wildman–Crippen MR) is 101 cm³/mol. The highest BCUT2D eigenvalue weighted by Crippen LogP contribution is 2.33. The van der Waals surface area contributed by atoms with E-state index in [2.05, 4.69) is 31.2 Å². The van der Waals surface area contributed by atoms with Crippen LogP contribution >= 0.6 is 0 Å². The van der Waals surface area contributed by atoms with Crippen LogP contribution in [0.2, 0.25) is 0 Å². The molecule has 120 valence electrons. The van der Waals surface area contributed by atoms with Crippen LogP contribution in [0.15, 0.2) is 66.7 Å². The summed E-state index contributed by atoms with van der Waals surface area (Å²) in [6, 6.07) is 23.1. The minimum atomic E-state index is -0.219. The lowest BCUT2D eigenvalue weighted by Gasteiger charge is -2.10. The van der Waals surface area contributed by atoms with E-state index >= 15 is 4.39 Å².